The number of aromatic nitrogens is 2. The van der Waals surface area contributed by atoms with Crippen LogP contribution in [-0.2, 0) is 5.75 Å². The van der Waals surface area contributed by atoms with Crippen molar-refractivity contribution in [2.45, 2.75) is 17.6 Å². The highest BCUT2D eigenvalue weighted by molar-refractivity contribution is 9.10. The highest BCUT2D eigenvalue weighted by Crippen LogP contribution is 2.29. The smallest absolute Gasteiger partial charge is 0.102 e. The summed E-state index contributed by atoms with van der Waals surface area (Å²) < 4.78 is 0.957. The Labute approximate surface area is 130 Å². The summed E-state index contributed by atoms with van der Waals surface area (Å²) in [5.41, 5.74) is 4.52. The number of pyridine rings is 2. The summed E-state index contributed by atoms with van der Waals surface area (Å²) >= 11 is 5.23. The minimum Gasteiger partial charge on any atom is -0.254 e. The lowest BCUT2D eigenvalue weighted by Gasteiger charge is -2.06. The fourth-order valence-electron chi connectivity index (χ4n) is 2.06. The number of nitrogens with zero attached hydrogens (tertiary/aromatic N) is 2. The summed E-state index contributed by atoms with van der Waals surface area (Å²) in [6, 6.07) is 12.6. The van der Waals surface area contributed by atoms with Crippen LogP contribution in [0, 0.1) is 6.92 Å². The van der Waals surface area contributed by atoms with Gasteiger partial charge < -0.3 is 0 Å². The molecule has 2 nitrogen and oxygen atoms in total. The van der Waals surface area contributed by atoms with Crippen molar-refractivity contribution in [1.82, 2.24) is 9.97 Å². The number of hydrogen-bond donors (Lipinski definition) is 0. The molecule has 0 aliphatic rings. The molecule has 0 aliphatic heterocycles. The van der Waals surface area contributed by atoms with E-state index < -0.39 is 0 Å². The lowest BCUT2D eigenvalue weighted by atomic mass is 10.2. The van der Waals surface area contributed by atoms with Crippen LogP contribution < -0.4 is 0 Å². The van der Waals surface area contributed by atoms with Gasteiger partial charge in [-0.25, -0.2) is 0 Å². The van der Waals surface area contributed by atoms with E-state index in [2.05, 4.69) is 57.1 Å². The quantitative estimate of drug-likeness (QED) is 0.625. The van der Waals surface area contributed by atoms with Gasteiger partial charge in [-0.05, 0) is 40.5 Å². The molecule has 4 heteroatoms. The summed E-state index contributed by atoms with van der Waals surface area (Å²) in [6.45, 7) is 2.12. The van der Waals surface area contributed by atoms with Crippen LogP contribution in [0.1, 0.15) is 11.1 Å². The summed E-state index contributed by atoms with van der Waals surface area (Å²) in [4.78, 5) is 10.0. The Kier molecular flexibility index (Phi) is 4.03. The zero-order valence-corrected chi connectivity index (χ0v) is 13.4. The van der Waals surface area contributed by atoms with Crippen molar-refractivity contribution in [3.05, 3.63) is 64.4 Å². The lowest BCUT2D eigenvalue weighted by molar-refractivity contribution is 1.26. The van der Waals surface area contributed by atoms with Gasteiger partial charge in [0, 0.05) is 27.5 Å². The van der Waals surface area contributed by atoms with Gasteiger partial charge in [-0.1, -0.05) is 29.8 Å². The summed E-state index contributed by atoms with van der Waals surface area (Å²) in [5, 5.41) is 0. The first-order chi connectivity index (χ1) is 9.72. The first-order valence-electron chi connectivity index (χ1n) is 6.31. The van der Waals surface area contributed by atoms with Crippen LogP contribution >= 0.6 is 27.7 Å². The van der Waals surface area contributed by atoms with E-state index in [9.17, 15) is 0 Å². The van der Waals surface area contributed by atoms with Crippen molar-refractivity contribution in [2.24, 2.45) is 0 Å². The average molecular weight is 345 g/mol. The Morgan fingerprint density at radius 1 is 1.15 bits per heavy atom. The second kappa shape index (κ2) is 5.94. The number of rotatable bonds is 3. The summed E-state index contributed by atoms with van der Waals surface area (Å²) in [7, 11) is 0. The Balaban J connectivity index is 1.87. The molecule has 2 heterocycles. The van der Waals surface area contributed by atoms with Crippen LogP contribution in [0.2, 0.25) is 0 Å². The highest BCUT2D eigenvalue weighted by atomic mass is 79.9. The highest BCUT2D eigenvalue weighted by Gasteiger charge is 2.05. The monoisotopic (exact) mass is 344 g/mol. The van der Waals surface area contributed by atoms with Gasteiger partial charge in [-0.3, -0.25) is 9.97 Å². The summed E-state index contributed by atoms with van der Waals surface area (Å²) in [5.74, 6) is 0.943. The SMILES string of the molecule is Cc1cccc(CSc2ccnc3cc(Br)cnc23)c1. The van der Waals surface area contributed by atoms with E-state index >= 15 is 0 Å². The third kappa shape index (κ3) is 3.02. The third-order valence-electron chi connectivity index (χ3n) is 2.98. The van der Waals surface area contributed by atoms with E-state index in [1.54, 1.807) is 11.8 Å². The largest absolute Gasteiger partial charge is 0.254 e. The maximum Gasteiger partial charge on any atom is 0.102 e. The van der Waals surface area contributed by atoms with E-state index in [1.807, 2.05) is 24.5 Å². The van der Waals surface area contributed by atoms with E-state index in [1.165, 1.54) is 16.0 Å². The van der Waals surface area contributed by atoms with Crippen molar-refractivity contribution in [3.8, 4) is 0 Å². The fraction of sp³-hybridized carbons (Fsp3) is 0.125. The zero-order valence-electron chi connectivity index (χ0n) is 11.0. The topological polar surface area (TPSA) is 25.8 Å². The first-order valence-corrected chi connectivity index (χ1v) is 8.09. The Hall–Kier alpha value is -1.39. The van der Waals surface area contributed by atoms with Crippen molar-refractivity contribution in [2.75, 3.05) is 0 Å². The molecule has 0 aliphatic carbocycles. The number of hydrogen-bond acceptors (Lipinski definition) is 3. The molecule has 0 spiro atoms. The zero-order chi connectivity index (χ0) is 13.9. The summed E-state index contributed by atoms with van der Waals surface area (Å²) in [6.07, 6.45) is 3.66. The Morgan fingerprint density at radius 3 is 2.90 bits per heavy atom. The second-order valence-corrected chi connectivity index (χ2v) is 6.54. The predicted molar refractivity (Wildman–Crippen MR) is 88.0 cm³/mol. The van der Waals surface area contributed by atoms with E-state index in [4.69, 9.17) is 0 Å². The van der Waals surface area contributed by atoms with Gasteiger partial charge in [0.25, 0.3) is 0 Å². The predicted octanol–water partition coefficient (Wildman–Crippen LogP) is 4.99. The lowest BCUT2D eigenvalue weighted by Crippen LogP contribution is -1.87. The molecule has 100 valence electrons. The van der Waals surface area contributed by atoms with E-state index in [0.717, 1.165) is 21.3 Å². The van der Waals surface area contributed by atoms with Crippen molar-refractivity contribution in [3.63, 3.8) is 0 Å². The molecule has 2 aromatic heterocycles. The number of aryl methyl sites for hydroxylation is 1. The molecule has 0 atom stereocenters. The molecule has 0 unspecified atom stereocenters. The van der Waals surface area contributed by atoms with Crippen LogP contribution in [-0.4, -0.2) is 9.97 Å². The molecule has 0 bridgehead atoms. The van der Waals surface area contributed by atoms with Crippen LogP contribution in [0.25, 0.3) is 11.0 Å². The fourth-order valence-corrected chi connectivity index (χ4v) is 3.33. The molecule has 3 aromatic rings. The molecule has 0 saturated heterocycles. The first kappa shape index (κ1) is 13.6. The number of thioether (sulfide) groups is 1. The van der Waals surface area contributed by atoms with E-state index in [0.29, 0.717) is 0 Å². The maximum atomic E-state index is 4.48. The van der Waals surface area contributed by atoms with Gasteiger partial charge >= 0.3 is 0 Å². The molecule has 0 radical (unpaired) electrons. The molecule has 1 aromatic carbocycles. The van der Waals surface area contributed by atoms with Gasteiger partial charge in [-0.15, -0.1) is 11.8 Å². The number of benzene rings is 1. The maximum absolute atomic E-state index is 4.48. The third-order valence-corrected chi connectivity index (χ3v) is 4.54. The molecule has 0 N–H and O–H groups in total. The molecule has 0 saturated carbocycles. The van der Waals surface area contributed by atoms with Crippen LogP contribution in [0.5, 0.6) is 0 Å². The molecule has 0 amide bonds. The standard InChI is InChI=1S/C16H13BrN2S/c1-11-3-2-4-12(7-11)10-20-15-5-6-18-14-8-13(17)9-19-16(14)15/h2-9H,10H2,1H3. The number of fused-ring (bicyclic) bond motifs is 1. The molecular formula is C16H13BrN2S. The Morgan fingerprint density at radius 2 is 2.05 bits per heavy atom. The molecular weight excluding hydrogens is 332 g/mol. The van der Waals surface area contributed by atoms with Crippen LogP contribution in [0.3, 0.4) is 0 Å². The van der Waals surface area contributed by atoms with Crippen LogP contribution in [0.4, 0.5) is 0 Å². The van der Waals surface area contributed by atoms with Gasteiger partial charge in [0.15, 0.2) is 0 Å². The van der Waals surface area contributed by atoms with Crippen LogP contribution in [0.15, 0.2) is 58.2 Å². The van der Waals surface area contributed by atoms with Crippen molar-refractivity contribution >= 4 is 38.7 Å². The number of halogens is 1. The van der Waals surface area contributed by atoms with Gasteiger partial charge in [-0.2, -0.15) is 0 Å². The van der Waals surface area contributed by atoms with Gasteiger partial charge in [0.05, 0.1) is 5.52 Å². The van der Waals surface area contributed by atoms with Crippen molar-refractivity contribution in [1.29, 1.82) is 0 Å². The van der Waals surface area contributed by atoms with Gasteiger partial charge in [0.1, 0.15) is 5.52 Å². The minimum atomic E-state index is 0.925. The van der Waals surface area contributed by atoms with Gasteiger partial charge in [0.2, 0.25) is 0 Å². The Bertz CT molecular complexity index is 758. The molecule has 0 fully saturated rings. The average Bonchev–Trinajstić information content (AvgIpc) is 2.44. The van der Waals surface area contributed by atoms with E-state index in [-0.39, 0.29) is 0 Å². The van der Waals surface area contributed by atoms with Crippen molar-refractivity contribution < 1.29 is 0 Å². The normalized spacial score (nSPS) is 10.9. The molecule has 3 rings (SSSR count). The second-order valence-electron chi connectivity index (χ2n) is 4.61. The molecule has 20 heavy (non-hydrogen) atoms. The minimum absolute atomic E-state index is 0.925.